The van der Waals surface area contributed by atoms with Gasteiger partial charge in [-0.3, -0.25) is 10.1 Å². The third kappa shape index (κ3) is 2.25. The predicted molar refractivity (Wildman–Crippen MR) is 107 cm³/mol. The van der Waals surface area contributed by atoms with Crippen LogP contribution in [0.25, 0.3) is 0 Å². The lowest BCUT2D eigenvalue weighted by Gasteiger charge is -2.43. The summed E-state index contributed by atoms with van der Waals surface area (Å²) in [5, 5.41) is 15.0. The van der Waals surface area contributed by atoms with Gasteiger partial charge in [-0.05, 0) is 72.3 Å². The van der Waals surface area contributed by atoms with E-state index in [2.05, 4.69) is 27.3 Å². The first-order valence-electron chi connectivity index (χ1n) is 9.74. The molecule has 2 aromatic rings. The Morgan fingerprint density at radius 3 is 2.68 bits per heavy atom. The molecule has 144 valence electrons. The van der Waals surface area contributed by atoms with Crippen LogP contribution in [-0.2, 0) is 0 Å². The number of rotatable bonds is 2. The smallest absolute Gasteiger partial charge is 0.269 e. The van der Waals surface area contributed by atoms with Crippen LogP contribution in [0.1, 0.15) is 42.3 Å². The Bertz CT molecular complexity index is 1010. The van der Waals surface area contributed by atoms with E-state index in [1.54, 1.807) is 12.1 Å². The van der Waals surface area contributed by atoms with Crippen LogP contribution in [0.3, 0.4) is 0 Å². The molecule has 0 aromatic heterocycles. The second-order valence-electron chi connectivity index (χ2n) is 8.31. The number of halogens is 1. The first kappa shape index (κ1) is 16.7. The van der Waals surface area contributed by atoms with Crippen LogP contribution < -0.4 is 14.8 Å². The zero-order valence-electron chi connectivity index (χ0n) is 15.1. The molecule has 2 aliphatic carbocycles. The average Bonchev–Trinajstić information content (AvgIpc) is 3.42. The van der Waals surface area contributed by atoms with Crippen LogP contribution in [0.2, 0.25) is 0 Å². The van der Waals surface area contributed by atoms with E-state index in [9.17, 15) is 10.1 Å². The first-order valence-corrected chi connectivity index (χ1v) is 10.5. The monoisotopic (exact) mass is 442 g/mol. The molecule has 2 aliphatic heterocycles. The average molecular weight is 443 g/mol. The van der Waals surface area contributed by atoms with E-state index < -0.39 is 0 Å². The lowest BCUT2D eigenvalue weighted by Crippen LogP contribution is -2.35. The molecule has 7 heteroatoms. The van der Waals surface area contributed by atoms with Crippen molar-refractivity contribution in [2.75, 3.05) is 12.1 Å². The molecule has 1 N–H and O–H groups in total. The van der Waals surface area contributed by atoms with E-state index in [0.29, 0.717) is 23.7 Å². The molecule has 6 nitrogen and oxygen atoms in total. The number of non-ortho nitro benzene ring substituents is 1. The molecule has 2 bridgehead atoms. The van der Waals surface area contributed by atoms with E-state index in [4.69, 9.17) is 9.47 Å². The summed E-state index contributed by atoms with van der Waals surface area (Å²) in [6, 6.07) is 9.51. The Morgan fingerprint density at radius 2 is 1.86 bits per heavy atom. The van der Waals surface area contributed by atoms with E-state index >= 15 is 0 Å². The van der Waals surface area contributed by atoms with Crippen molar-refractivity contribution in [2.45, 2.75) is 31.2 Å². The van der Waals surface area contributed by atoms with Crippen molar-refractivity contribution in [2.24, 2.45) is 17.8 Å². The van der Waals surface area contributed by atoms with Gasteiger partial charge in [0, 0.05) is 22.3 Å². The van der Waals surface area contributed by atoms with Gasteiger partial charge in [0.25, 0.3) is 5.69 Å². The number of fused-ring (bicyclic) bond motifs is 8. The van der Waals surface area contributed by atoms with Gasteiger partial charge in [-0.15, -0.1) is 0 Å². The summed E-state index contributed by atoms with van der Waals surface area (Å²) >= 11 is 3.74. The number of benzene rings is 2. The lowest BCUT2D eigenvalue weighted by atomic mass is 9.68. The maximum atomic E-state index is 11.3. The molecule has 2 heterocycles. The highest BCUT2D eigenvalue weighted by atomic mass is 79.9. The third-order valence-electron chi connectivity index (χ3n) is 7.11. The second-order valence-corrected chi connectivity index (χ2v) is 9.17. The number of ether oxygens (including phenoxy) is 2. The second kappa shape index (κ2) is 5.86. The van der Waals surface area contributed by atoms with Crippen LogP contribution in [0, 0.1) is 27.9 Å². The van der Waals surface area contributed by atoms with Crippen molar-refractivity contribution in [1.82, 2.24) is 0 Å². The van der Waals surface area contributed by atoms with Gasteiger partial charge in [0.05, 0.1) is 11.0 Å². The molecule has 5 atom stereocenters. The fraction of sp³-hybridized carbons (Fsp3) is 0.429. The molecular formula is C21H19BrN2O4. The fourth-order valence-corrected chi connectivity index (χ4v) is 6.64. The van der Waals surface area contributed by atoms with Crippen LogP contribution in [0.4, 0.5) is 11.4 Å². The van der Waals surface area contributed by atoms with Gasteiger partial charge in [0.15, 0.2) is 11.5 Å². The molecule has 0 radical (unpaired) electrons. The number of nitro benzene ring substituents is 1. The van der Waals surface area contributed by atoms with E-state index in [1.165, 1.54) is 24.8 Å². The summed E-state index contributed by atoms with van der Waals surface area (Å²) in [6.07, 6.45) is 3.69. The number of nitrogens with zero attached hydrogens (tertiary/aromatic N) is 1. The highest BCUT2D eigenvalue weighted by molar-refractivity contribution is 9.10. The van der Waals surface area contributed by atoms with Gasteiger partial charge in [-0.1, -0.05) is 15.9 Å². The Hall–Kier alpha value is -2.28. The number of nitro groups is 1. The summed E-state index contributed by atoms with van der Waals surface area (Å²) in [5.41, 5.74) is 3.51. The quantitative estimate of drug-likeness (QED) is 0.498. The van der Waals surface area contributed by atoms with Crippen LogP contribution in [0.15, 0.2) is 34.8 Å². The van der Waals surface area contributed by atoms with Gasteiger partial charge in [-0.25, -0.2) is 0 Å². The van der Waals surface area contributed by atoms with Gasteiger partial charge in [-0.2, -0.15) is 0 Å². The molecule has 0 spiro atoms. The predicted octanol–water partition coefficient (Wildman–Crippen LogP) is 5.38. The standard InChI is InChI=1S/C21H19BrN2O4/c22-15-8-18-17(27-9-28-18)7-13(15)21-20-11-2-1-10(5-11)19(20)14-6-12(24(25)26)3-4-16(14)23-21/h3-4,6-8,10-11,19-21,23H,1-2,5,9H2/t10-,11-,19-,20-,21+/m0/s1. The Labute approximate surface area is 170 Å². The normalized spacial score (nSPS) is 31.2. The largest absolute Gasteiger partial charge is 0.454 e. The minimum atomic E-state index is -0.289. The Kier molecular flexibility index (Phi) is 3.49. The SMILES string of the molecule is O=[N+]([O-])c1ccc2c(c1)[C@@H]1[C@H]3CC[C@@H](C3)[C@@H]1[C@@H](c1cc3c(cc1Br)OCO3)N2. The first-order chi connectivity index (χ1) is 13.6. The van der Waals surface area contributed by atoms with Gasteiger partial charge >= 0.3 is 0 Å². The van der Waals surface area contributed by atoms with Crippen molar-refractivity contribution in [1.29, 1.82) is 0 Å². The molecule has 2 aromatic carbocycles. The van der Waals surface area contributed by atoms with E-state index in [1.807, 2.05) is 12.1 Å². The van der Waals surface area contributed by atoms with Crippen molar-refractivity contribution < 1.29 is 14.4 Å². The van der Waals surface area contributed by atoms with E-state index in [-0.39, 0.29) is 23.4 Å². The summed E-state index contributed by atoms with van der Waals surface area (Å²) in [7, 11) is 0. The molecule has 6 rings (SSSR count). The minimum absolute atomic E-state index is 0.151. The van der Waals surface area contributed by atoms with Crippen molar-refractivity contribution >= 4 is 27.3 Å². The van der Waals surface area contributed by atoms with Gasteiger partial charge < -0.3 is 14.8 Å². The van der Waals surface area contributed by atoms with Crippen LogP contribution in [-0.4, -0.2) is 11.7 Å². The molecule has 0 unspecified atom stereocenters. The molecule has 0 saturated heterocycles. The number of nitrogens with one attached hydrogen (secondary N) is 1. The molecule has 2 saturated carbocycles. The highest BCUT2D eigenvalue weighted by Gasteiger charge is 2.54. The Balaban J connectivity index is 1.49. The van der Waals surface area contributed by atoms with Crippen molar-refractivity contribution in [3.63, 3.8) is 0 Å². The maximum Gasteiger partial charge on any atom is 0.269 e. The van der Waals surface area contributed by atoms with Crippen molar-refractivity contribution in [3.05, 3.63) is 56.0 Å². The summed E-state index contributed by atoms with van der Waals surface area (Å²) in [5.74, 6) is 3.63. The van der Waals surface area contributed by atoms with Gasteiger partial charge in [0.2, 0.25) is 6.79 Å². The number of hydrogen-bond acceptors (Lipinski definition) is 5. The molecule has 2 fully saturated rings. The number of anilines is 1. The minimum Gasteiger partial charge on any atom is -0.454 e. The Morgan fingerprint density at radius 1 is 1.07 bits per heavy atom. The third-order valence-corrected chi connectivity index (χ3v) is 7.80. The summed E-state index contributed by atoms with van der Waals surface area (Å²) in [6.45, 7) is 0.257. The van der Waals surface area contributed by atoms with Gasteiger partial charge in [0.1, 0.15) is 0 Å². The maximum absolute atomic E-state index is 11.3. The highest BCUT2D eigenvalue weighted by Crippen LogP contribution is 2.64. The summed E-state index contributed by atoms with van der Waals surface area (Å²) < 4.78 is 12.2. The summed E-state index contributed by atoms with van der Waals surface area (Å²) in [4.78, 5) is 11.0. The molecule has 4 aliphatic rings. The fourth-order valence-electron chi connectivity index (χ4n) is 6.07. The lowest BCUT2D eigenvalue weighted by molar-refractivity contribution is -0.384. The van der Waals surface area contributed by atoms with Crippen LogP contribution >= 0.6 is 15.9 Å². The molecule has 28 heavy (non-hydrogen) atoms. The molecular weight excluding hydrogens is 424 g/mol. The zero-order chi connectivity index (χ0) is 19.0. The zero-order valence-corrected chi connectivity index (χ0v) is 16.6. The van der Waals surface area contributed by atoms with E-state index in [0.717, 1.165) is 27.2 Å². The number of hydrogen-bond donors (Lipinski definition) is 1. The van der Waals surface area contributed by atoms with Crippen LogP contribution in [0.5, 0.6) is 11.5 Å². The molecule has 0 amide bonds. The topological polar surface area (TPSA) is 73.6 Å². The van der Waals surface area contributed by atoms with Crippen molar-refractivity contribution in [3.8, 4) is 11.5 Å².